The van der Waals surface area contributed by atoms with Crippen molar-refractivity contribution in [2.75, 3.05) is 0 Å². The van der Waals surface area contributed by atoms with Gasteiger partial charge < -0.3 is 0 Å². The van der Waals surface area contributed by atoms with E-state index < -0.39 is 0 Å². The molecule has 0 aliphatic heterocycles. The van der Waals surface area contributed by atoms with Crippen molar-refractivity contribution in [3.8, 4) is 6.07 Å². The highest BCUT2D eigenvalue weighted by atomic mass is 127. The fraction of sp³-hybridized carbons (Fsp3) is 0.417. The quantitative estimate of drug-likeness (QED) is 0.576. The third-order valence-electron chi connectivity index (χ3n) is 2.84. The van der Waals surface area contributed by atoms with Gasteiger partial charge in [-0.15, -0.1) is 0 Å². The Bertz CT molecular complexity index is 378. The molecule has 0 spiro atoms. The number of hydrogen-bond acceptors (Lipinski definition) is 1. The van der Waals surface area contributed by atoms with Crippen LogP contribution in [0.3, 0.4) is 0 Å². The highest BCUT2D eigenvalue weighted by Gasteiger charge is 2.17. The lowest BCUT2D eigenvalue weighted by Crippen LogP contribution is -2.12. The van der Waals surface area contributed by atoms with Gasteiger partial charge in [-0.25, -0.2) is 0 Å². The van der Waals surface area contributed by atoms with Crippen molar-refractivity contribution in [3.05, 3.63) is 34.9 Å². The molecule has 1 aliphatic rings. The van der Waals surface area contributed by atoms with Crippen LogP contribution in [0.15, 0.2) is 18.2 Å². The molecule has 0 bridgehead atoms. The maximum absolute atomic E-state index is 8.87. The second kappa shape index (κ2) is 4.31. The van der Waals surface area contributed by atoms with E-state index in [1.54, 1.807) is 0 Å². The lowest BCUT2D eigenvalue weighted by Gasteiger charge is -2.20. The Morgan fingerprint density at radius 1 is 1.43 bits per heavy atom. The number of hydrogen-bond donors (Lipinski definition) is 0. The SMILES string of the molecule is N#CC1CCc2cc(CI)ccc2C1. The summed E-state index contributed by atoms with van der Waals surface area (Å²) < 4.78 is 1.08. The van der Waals surface area contributed by atoms with Gasteiger partial charge >= 0.3 is 0 Å². The molecule has 1 unspecified atom stereocenters. The van der Waals surface area contributed by atoms with Gasteiger partial charge in [-0.1, -0.05) is 40.8 Å². The van der Waals surface area contributed by atoms with E-state index in [0.717, 1.165) is 23.7 Å². The van der Waals surface area contributed by atoms with E-state index in [1.807, 2.05) is 0 Å². The van der Waals surface area contributed by atoms with Crippen LogP contribution in [0, 0.1) is 17.2 Å². The van der Waals surface area contributed by atoms with Crippen LogP contribution in [0.25, 0.3) is 0 Å². The molecule has 0 heterocycles. The first-order chi connectivity index (χ1) is 6.83. The van der Waals surface area contributed by atoms with E-state index in [2.05, 4.69) is 46.9 Å². The van der Waals surface area contributed by atoms with Crippen LogP contribution >= 0.6 is 22.6 Å². The molecule has 1 nitrogen and oxygen atoms in total. The normalized spacial score (nSPS) is 19.9. The molecule has 0 saturated carbocycles. The molecule has 0 fully saturated rings. The second-order valence-corrected chi connectivity index (χ2v) is 4.57. The molecule has 14 heavy (non-hydrogen) atoms. The van der Waals surface area contributed by atoms with Crippen LogP contribution in [-0.4, -0.2) is 0 Å². The lowest BCUT2D eigenvalue weighted by molar-refractivity contribution is 0.564. The molecule has 0 amide bonds. The second-order valence-electron chi connectivity index (χ2n) is 3.81. The van der Waals surface area contributed by atoms with Crippen molar-refractivity contribution in [1.82, 2.24) is 0 Å². The first-order valence-corrected chi connectivity index (χ1v) is 6.42. The van der Waals surface area contributed by atoms with Crippen LogP contribution in [0.4, 0.5) is 0 Å². The van der Waals surface area contributed by atoms with Gasteiger partial charge in [0.25, 0.3) is 0 Å². The number of alkyl halides is 1. The van der Waals surface area contributed by atoms with Gasteiger partial charge in [-0.3, -0.25) is 0 Å². The first kappa shape index (κ1) is 9.97. The third-order valence-corrected chi connectivity index (χ3v) is 3.72. The largest absolute Gasteiger partial charge is 0.198 e. The summed E-state index contributed by atoms with van der Waals surface area (Å²) in [6, 6.07) is 9.06. The minimum atomic E-state index is 0.243. The van der Waals surface area contributed by atoms with Crippen molar-refractivity contribution in [1.29, 1.82) is 5.26 Å². The third kappa shape index (κ3) is 1.93. The van der Waals surface area contributed by atoms with Crippen molar-refractivity contribution in [2.45, 2.75) is 23.7 Å². The van der Waals surface area contributed by atoms with Crippen molar-refractivity contribution < 1.29 is 0 Å². The zero-order valence-corrected chi connectivity index (χ0v) is 10.1. The molecule has 0 saturated heterocycles. The number of benzene rings is 1. The number of rotatable bonds is 1. The van der Waals surface area contributed by atoms with E-state index >= 15 is 0 Å². The Morgan fingerprint density at radius 2 is 2.29 bits per heavy atom. The summed E-state index contributed by atoms with van der Waals surface area (Å²) in [5, 5.41) is 8.87. The summed E-state index contributed by atoms with van der Waals surface area (Å²) in [4.78, 5) is 0. The minimum absolute atomic E-state index is 0.243. The summed E-state index contributed by atoms with van der Waals surface area (Å²) in [5.41, 5.74) is 4.25. The highest BCUT2D eigenvalue weighted by Crippen LogP contribution is 2.26. The number of halogens is 1. The smallest absolute Gasteiger partial charge is 0.0659 e. The summed E-state index contributed by atoms with van der Waals surface area (Å²) in [5.74, 6) is 0.243. The molecule has 0 aromatic heterocycles. The van der Waals surface area contributed by atoms with Gasteiger partial charge in [0, 0.05) is 4.43 Å². The Hall–Kier alpha value is -0.560. The van der Waals surface area contributed by atoms with E-state index in [1.165, 1.54) is 16.7 Å². The van der Waals surface area contributed by atoms with Crippen molar-refractivity contribution in [3.63, 3.8) is 0 Å². The van der Waals surface area contributed by atoms with E-state index in [9.17, 15) is 0 Å². The molecule has 0 N–H and O–H groups in total. The number of nitrogens with zero attached hydrogens (tertiary/aromatic N) is 1. The Morgan fingerprint density at radius 3 is 3.00 bits per heavy atom. The zero-order valence-electron chi connectivity index (χ0n) is 7.96. The molecule has 2 rings (SSSR count). The molecular weight excluding hydrogens is 285 g/mol. The average molecular weight is 297 g/mol. The van der Waals surface area contributed by atoms with Gasteiger partial charge in [0.1, 0.15) is 0 Å². The zero-order chi connectivity index (χ0) is 9.97. The maximum Gasteiger partial charge on any atom is 0.0659 e. The fourth-order valence-electron chi connectivity index (χ4n) is 2.00. The minimum Gasteiger partial charge on any atom is -0.198 e. The van der Waals surface area contributed by atoms with Gasteiger partial charge in [0.2, 0.25) is 0 Å². The summed E-state index contributed by atoms with van der Waals surface area (Å²) >= 11 is 2.39. The van der Waals surface area contributed by atoms with Crippen LogP contribution in [0.2, 0.25) is 0 Å². The molecule has 72 valence electrons. The van der Waals surface area contributed by atoms with Crippen molar-refractivity contribution >= 4 is 22.6 Å². The molecule has 1 aromatic rings. The van der Waals surface area contributed by atoms with E-state index in [0.29, 0.717) is 0 Å². The molecule has 2 heteroatoms. The number of aryl methyl sites for hydroxylation is 1. The predicted octanol–water partition coefficient (Wildman–Crippen LogP) is 3.25. The Labute approximate surface area is 98.3 Å². The Kier molecular flexibility index (Phi) is 3.07. The maximum atomic E-state index is 8.87. The van der Waals surface area contributed by atoms with Gasteiger partial charge in [0.15, 0.2) is 0 Å². The van der Waals surface area contributed by atoms with Crippen LogP contribution < -0.4 is 0 Å². The summed E-state index contributed by atoms with van der Waals surface area (Å²) in [6.45, 7) is 0. The van der Waals surface area contributed by atoms with Crippen LogP contribution in [-0.2, 0) is 17.3 Å². The van der Waals surface area contributed by atoms with Gasteiger partial charge in [-0.05, 0) is 36.0 Å². The van der Waals surface area contributed by atoms with E-state index in [-0.39, 0.29) is 5.92 Å². The van der Waals surface area contributed by atoms with Gasteiger partial charge in [-0.2, -0.15) is 5.26 Å². The molecule has 0 radical (unpaired) electrons. The number of nitriles is 1. The van der Waals surface area contributed by atoms with Crippen LogP contribution in [0.1, 0.15) is 23.1 Å². The monoisotopic (exact) mass is 297 g/mol. The Balaban J connectivity index is 2.29. The van der Waals surface area contributed by atoms with Crippen molar-refractivity contribution in [2.24, 2.45) is 5.92 Å². The molecule has 1 aliphatic carbocycles. The fourth-order valence-corrected chi connectivity index (χ4v) is 2.48. The average Bonchev–Trinajstić information content (AvgIpc) is 2.27. The highest BCUT2D eigenvalue weighted by molar-refractivity contribution is 14.1. The standard InChI is InChI=1S/C12H12IN/c13-7-9-1-3-12-6-10(8-14)2-4-11(12)5-9/h1,3,5,10H,2,4,6-7H2. The summed E-state index contributed by atoms with van der Waals surface area (Å²) in [7, 11) is 0. The molecule has 1 aromatic carbocycles. The lowest BCUT2D eigenvalue weighted by atomic mass is 9.84. The summed E-state index contributed by atoms with van der Waals surface area (Å²) in [6.07, 6.45) is 3.07. The predicted molar refractivity (Wildman–Crippen MR) is 65.3 cm³/mol. The topological polar surface area (TPSA) is 23.8 Å². The van der Waals surface area contributed by atoms with E-state index in [4.69, 9.17) is 5.26 Å². The van der Waals surface area contributed by atoms with Gasteiger partial charge in [0.05, 0.1) is 12.0 Å². The van der Waals surface area contributed by atoms with Crippen LogP contribution in [0.5, 0.6) is 0 Å². The molecule has 1 atom stereocenters. The molecular formula is C12H12IN. The first-order valence-electron chi connectivity index (χ1n) is 4.89. The number of fused-ring (bicyclic) bond motifs is 1.